The molecule has 4 fully saturated rings. The zero-order valence-corrected chi connectivity index (χ0v) is 8.48. The van der Waals surface area contributed by atoms with Gasteiger partial charge in [-0.2, -0.15) is 0 Å². The predicted octanol–water partition coefficient (Wildman–Crippen LogP) is 0.779. The fourth-order valence-electron chi connectivity index (χ4n) is 3.98. The smallest absolute Gasteiger partial charge is 0.310 e. The molecule has 0 amide bonds. The van der Waals surface area contributed by atoms with Crippen molar-refractivity contribution in [3.63, 3.8) is 0 Å². The Hall–Kier alpha value is -0.570. The summed E-state index contributed by atoms with van der Waals surface area (Å²) in [6.45, 7) is 0. The normalized spacial score (nSPS) is 53.9. The second kappa shape index (κ2) is 2.72. The Labute approximate surface area is 84.0 Å². The number of carbonyl (C=O) groups is 1. The molecule has 14 heavy (non-hydrogen) atoms. The summed E-state index contributed by atoms with van der Waals surface area (Å²) in [5, 5.41) is 0. The third-order valence-electron chi connectivity index (χ3n) is 4.67. The average molecular weight is 195 g/mol. The Kier molecular flexibility index (Phi) is 1.69. The maximum atomic E-state index is 11.6. The molecule has 4 saturated carbocycles. The van der Waals surface area contributed by atoms with E-state index in [2.05, 4.69) is 0 Å². The van der Waals surface area contributed by atoms with Gasteiger partial charge in [-0.1, -0.05) is 0 Å². The van der Waals surface area contributed by atoms with Gasteiger partial charge >= 0.3 is 5.97 Å². The van der Waals surface area contributed by atoms with Gasteiger partial charge in [0.1, 0.15) is 0 Å². The Bertz CT molecular complexity index is 278. The van der Waals surface area contributed by atoms with Crippen molar-refractivity contribution in [2.24, 2.45) is 35.3 Å². The highest BCUT2D eigenvalue weighted by Gasteiger charge is 2.62. The maximum Gasteiger partial charge on any atom is 0.310 e. The Balaban J connectivity index is 1.88. The molecule has 4 aliphatic rings. The summed E-state index contributed by atoms with van der Waals surface area (Å²) >= 11 is 0. The van der Waals surface area contributed by atoms with Crippen LogP contribution in [0.4, 0.5) is 0 Å². The maximum absolute atomic E-state index is 11.6. The Morgan fingerprint density at radius 3 is 2.57 bits per heavy atom. The standard InChI is InChI=1S/C11H17NO2/c1-14-11(13)9-5-2-3-6(10(9)12)8-4-7(5)8/h5-10H,2-4,12H2,1H3. The molecule has 0 saturated heterocycles. The summed E-state index contributed by atoms with van der Waals surface area (Å²) in [5.41, 5.74) is 6.16. The van der Waals surface area contributed by atoms with E-state index in [0.717, 1.165) is 11.8 Å². The summed E-state index contributed by atoms with van der Waals surface area (Å²) in [6.07, 6.45) is 3.75. The number of carbonyl (C=O) groups excluding carboxylic acids is 1. The average Bonchev–Trinajstić information content (AvgIpc) is 2.97. The molecule has 0 aliphatic heterocycles. The van der Waals surface area contributed by atoms with Crippen molar-refractivity contribution in [2.75, 3.05) is 7.11 Å². The molecule has 6 unspecified atom stereocenters. The number of nitrogens with two attached hydrogens (primary N) is 1. The molecule has 0 heterocycles. The van der Waals surface area contributed by atoms with Crippen LogP contribution in [0.15, 0.2) is 0 Å². The van der Waals surface area contributed by atoms with Crippen LogP contribution in [0.2, 0.25) is 0 Å². The highest BCUT2D eigenvalue weighted by atomic mass is 16.5. The van der Waals surface area contributed by atoms with Crippen molar-refractivity contribution in [1.29, 1.82) is 0 Å². The van der Waals surface area contributed by atoms with Gasteiger partial charge in [-0.05, 0) is 42.9 Å². The lowest BCUT2D eigenvalue weighted by Gasteiger charge is -2.45. The van der Waals surface area contributed by atoms with Crippen LogP contribution in [0.25, 0.3) is 0 Å². The van der Waals surface area contributed by atoms with Gasteiger partial charge in [0.15, 0.2) is 0 Å². The zero-order valence-electron chi connectivity index (χ0n) is 8.48. The van der Waals surface area contributed by atoms with Crippen molar-refractivity contribution >= 4 is 5.97 Å². The lowest BCUT2D eigenvalue weighted by atomic mass is 9.62. The fourth-order valence-corrected chi connectivity index (χ4v) is 3.98. The number of ether oxygens (including phenoxy) is 1. The summed E-state index contributed by atoms with van der Waals surface area (Å²) < 4.78 is 4.86. The van der Waals surface area contributed by atoms with Gasteiger partial charge in [0.25, 0.3) is 0 Å². The quantitative estimate of drug-likeness (QED) is 0.629. The van der Waals surface area contributed by atoms with Crippen LogP contribution in [-0.4, -0.2) is 19.1 Å². The minimum atomic E-state index is -0.0717. The third-order valence-corrected chi connectivity index (χ3v) is 4.67. The number of methoxy groups -OCH3 is 1. The van der Waals surface area contributed by atoms with Crippen LogP contribution in [0.5, 0.6) is 0 Å². The van der Waals surface area contributed by atoms with Crippen LogP contribution < -0.4 is 5.73 Å². The van der Waals surface area contributed by atoms with Gasteiger partial charge in [-0.15, -0.1) is 0 Å². The minimum absolute atomic E-state index is 0.00231. The van der Waals surface area contributed by atoms with E-state index in [-0.39, 0.29) is 17.9 Å². The van der Waals surface area contributed by atoms with Gasteiger partial charge in [0.2, 0.25) is 0 Å². The lowest BCUT2D eigenvalue weighted by molar-refractivity contribution is -0.153. The molecule has 2 bridgehead atoms. The predicted molar refractivity (Wildman–Crippen MR) is 51.3 cm³/mol. The number of hydrogen-bond acceptors (Lipinski definition) is 3. The molecule has 0 aromatic rings. The summed E-state index contributed by atoms with van der Waals surface area (Å²) in [6, 6.07) is 0.0740. The first-order valence-corrected chi connectivity index (χ1v) is 5.57. The second-order valence-electron chi connectivity index (χ2n) is 5.09. The van der Waals surface area contributed by atoms with Gasteiger partial charge in [0, 0.05) is 6.04 Å². The highest BCUT2D eigenvalue weighted by Crippen LogP contribution is 2.63. The first kappa shape index (κ1) is 8.72. The largest absolute Gasteiger partial charge is 0.469 e. The van der Waals surface area contributed by atoms with E-state index in [0.29, 0.717) is 11.8 Å². The minimum Gasteiger partial charge on any atom is -0.469 e. The molecule has 3 nitrogen and oxygen atoms in total. The van der Waals surface area contributed by atoms with E-state index in [1.165, 1.54) is 26.4 Å². The van der Waals surface area contributed by atoms with E-state index >= 15 is 0 Å². The van der Waals surface area contributed by atoms with Crippen molar-refractivity contribution < 1.29 is 9.53 Å². The summed E-state index contributed by atoms with van der Waals surface area (Å²) in [4.78, 5) is 11.6. The van der Waals surface area contributed by atoms with E-state index in [1.54, 1.807) is 0 Å². The molecule has 4 aliphatic carbocycles. The van der Waals surface area contributed by atoms with Gasteiger partial charge in [0.05, 0.1) is 13.0 Å². The molecule has 4 rings (SSSR count). The van der Waals surface area contributed by atoms with E-state index < -0.39 is 0 Å². The van der Waals surface area contributed by atoms with Crippen LogP contribution in [0.1, 0.15) is 19.3 Å². The molecule has 2 N–H and O–H groups in total. The van der Waals surface area contributed by atoms with E-state index in [1.807, 2.05) is 0 Å². The molecular formula is C11H17NO2. The zero-order chi connectivity index (χ0) is 9.87. The molecule has 0 aromatic carbocycles. The number of hydrogen-bond donors (Lipinski definition) is 1. The molecular weight excluding hydrogens is 178 g/mol. The molecule has 0 spiro atoms. The van der Waals surface area contributed by atoms with Crippen LogP contribution >= 0.6 is 0 Å². The molecule has 0 radical (unpaired) electrons. The highest BCUT2D eigenvalue weighted by molar-refractivity contribution is 5.74. The second-order valence-corrected chi connectivity index (χ2v) is 5.09. The molecule has 0 aromatic heterocycles. The van der Waals surface area contributed by atoms with Crippen molar-refractivity contribution in [3.05, 3.63) is 0 Å². The molecule has 78 valence electrons. The van der Waals surface area contributed by atoms with Gasteiger partial charge in [-0.25, -0.2) is 0 Å². The first-order chi connectivity index (χ1) is 6.74. The van der Waals surface area contributed by atoms with Gasteiger partial charge < -0.3 is 10.5 Å². The van der Waals surface area contributed by atoms with Crippen LogP contribution in [0.3, 0.4) is 0 Å². The number of esters is 1. The van der Waals surface area contributed by atoms with Gasteiger partial charge in [-0.3, -0.25) is 4.79 Å². The Morgan fingerprint density at radius 1 is 1.21 bits per heavy atom. The topological polar surface area (TPSA) is 52.3 Å². The molecule has 3 heteroatoms. The van der Waals surface area contributed by atoms with Crippen LogP contribution in [-0.2, 0) is 9.53 Å². The lowest BCUT2D eigenvalue weighted by Crippen LogP contribution is -2.53. The Morgan fingerprint density at radius 2 is 1.86 bits per heavy atom. The van der Waals surface area contributed by atoms with Crippen molar-refractivity contribution in [2.45, 2.75) is 25.3 Å². The molecule has 6 atom stereocenters. The monoisotopic (exact) mass is 195 g/mol. The third kappa shape index (κ3) is 0.937. The number of fused-ring (bicyclic) bond motifs is 2. The fraction of sp³-hybridized carbons (Fsp3) is 0.909. The summed E-state index contributed by atoms with van der Waals surface area (Å²) in [5.74, 6) is 2.73. The van der Waals surface area contributed by atoms with E-state index in [9.17, 15) is 4.79 Å². The summed E-state index contributed by atoms with van der Waals surface area (Å²) in [7, 11) is 1.47. The van der Waals surface area contributed by atoms with Crippen LogP contribution in [0, 0.1) is 29.6 Å². The van der Waals surface area contributed by atoms with Crippen molar-refractivity contribution in [1.82, 2.24) is 0 Å². The van der Waals surface area contributed by atoms with E-state index in [4.69, 9.17) is 10.5 Å². The first-order valence-electron chi connectivity index (χ1n) is 5.57. The SMILES string of the molecule is COC(=O)C1C(N)C2CCC1C1CC21. The number of rotatable bonds is 1. The van der Waals surface area contributed by atoms with Crippen molar-refractivity contribution in [3.8, 4) is 0 Å².